The van der Waals surface area contributed by atoms with E-state index in [0.29, 0.717) is 5.92 Å². The standard InChI is InChI=1S/C21H32N2O4/c1-25-13-12-22-14-18(15-26-2)21(16-22)8-10-23(11-9-21)20(24)17-4-6-19(27-3)7-5-17/h4-7,18H,8-16H2,1-3H3. The number of nitrogens with zero attached hydrogens (tertiary/aromatic N) is 2. The van der Waals surface area contributed by atoms with Crippen LogP contribution in [-0.2, 0) is 9.47 Å². The van der Waals surface area contributed by atoms with E-state index in [2.05, 4.69) is 4.90 Å². The molecule has 2 saturated heterocycles. The first-order chi connectivity index (χ1) is 13.1. The van der Waals surface area contributed by atoms with Crippen molar-refractivity contribution >= 4 is 5.91 Å². The summed E-state index contributed by atoms with van der Waals surface area (Å²) in [5.41, 5.74) is 0.980. The molecule has 1 atom stereocenters. The minimum absolute atomic E-state index is 0.116. The summed E-state index contributed by atoms with van der Waals surface area (Å²) in [6.07, 6.45) is 2.07. The first-order valence-electron chi connectivity index (χ1n) is 9.75. The third-order valence-corrected chi connectivity index (χ3v) is 6.25. The molecule has 2 aliphatic heterocycles. The molecule has 6 heteroatoms. The van der Waals surface area contributed by atoms with Crippen molar-refractivity contribution in [3.8, 4) is 5.75 Å². The van der Waals surface area contributed by atoms with Crippen molar-refractivity contribution in [2.45, 2.75) is 12.8 Å². The number of amides is 1. The van der Waals surface area contributed by atoms with Gasteiger partial charge in [-0.25, -0.2) is 0 Å². The first-order valence-corrected chi connectivity index (χ1v) is 9.75. The number of ether oxygens (including phenoxy) is 3. The summed E-state index contributed by atoms with van der Waals surface area (Å²) in [5, 5.41) is 0. The molecule has 0 N–H and O–H groups in total. The average Bonchev–Trinajstić information content (AvgIpc) is 3.03. The molecule has 2 aliphatic rings. The van der Waals surface area contributed by atoms with E-state index in [4.69, 9.17) is 14.2 Å². The minimum Gasteiger partial charge on any atom is -0.497 e. The Morgan fingerprint density at radius 2 is 1.81 bits per heavy atom. The minimum atomic E-state index is 0.116. The molecule has 150 valence electrons. The Bertz CT molecular complexity index is 611. The van der Waals surface area contributed by atoms with Crippen LogP contribution < -0.4 is 4.74 Å². The van der Waals surface area contributed by atoms with Gasteiger partial charge in [0.1, 0.15) is 5.75 Å². The lowest BCUT2D eigenvalue weighted by Gasteiger charge is -2.42. The molecule has 1 unspecified atom stereocenters. The van der Waals surface area contributed by atoms with E-state index in [1.807, 2.05) is 29.2 Å². The molecule has 1 amide bonds. The molecule has 1 aromatic carbocycles. The van der Waals surface area contributed by atoms with E-state index in [0.717, 1.165) is 70.1 Å². The first kappa shape index (κ1) is 20.1. The molecule has 0 aliphatic carbocycles. The number of piperidine rings is 1. The summed E-state index contributed by atoms with van der Waals surface area (Å²) in [7, 11) is 5.17. The van der Waals surface area contributed by atoms with Gasteiger partial charge in [-0.3, -0.25) is 4.79 Å². The number of likely N-dealkylation sites (tertiary alicyclic amines) is 2. The molecule has 0 aromatic heterocycles. The number of methoxy groups -OCH3 is 3. The molecule has 0 bridgehead atoms. The van der Waals surface area contributed by atoms with E-state index in [1.54, 1.807) is 21.3 Å². The number of carbonyl (C=O) groups excluding carboxylic acids is 1. The van der Waals surface area contributed by atoms with Crippen LogP contribution in [0.25, 0.3) is 0 Å². The Labute approximate surface area is 162 Å². The van der Waals surface area contributed by atoms with E-state index >= 15 is 0 Å². The fourth-order valence-corrected chi connectivity index (χ4v) is 4.60. The fraction of sp³-hybridized carbons (Fsp3) is 0.667. The molecule has 1 spiro atoms. The Hall–Kier alpha value is -1.63. The van der Waals surface area contributed by atoms with Crippen LogP contribution in [0, 0.1) is 11.3 Å². The average molecular weight is 376 g/mol. The van der Waals surface area contributed by atoms with E-state index in [9.17, 15) is 4.79 Å². The van der Waals surface area contributed by atoms with Gasteiger partial charge in [-0.2, -0.15) is 0 Å². The van der Waals surface area contributed by atoms with Crippen molar-refractivity contribution in [2.75, 3.05) is 67.3 Å². The van der Waals surface area contributed by atoms with Gasteiger partial charge in [0, 0.05) is 58.4 Å². The van der Waals surface area contributed by atoms with Gasteiger partial charge in [0.15, 0.2) is 0 Å². The van der Waals surface area contributed by atoms with Crippen LogP contribution in [0.1, 0.15) is 23.2 Å². The Morgan fingerprint density at radius 1 is 1.11 bits per heavy atom. The largest absolute Gasteiger partial charge is 0.497 e. The Balaban J connectivity index is 1.62. The normalized spacial score (nSPS) is 22.3. The van der Waals surface area contributed by atoms with Gasteiger partial charge in [0.2, 0.25) is 0 Å². The van der Waals surface area contributed by atoms with Crippen molar-refractivity contribution in [1.82, 2.24) is 9.80 Å². The Morgan fingerprint density at radius 3 is 2.41 bits per heavy atom. The number of hydrogen-bond donors (Lipinski definition) is 0. The summed E-state index contributed by atoms with van der Waals surface area (Å²) in [5.74, 6) is 1.41. The smallest absolute Gasteiger partial charge is 0.253 e. The summed E-state index contributed by atoms with van der Waals surface area (Å²) in [6.45, 7) is 6.27. The molecule has 0 radical (unpaired) electrons. The number of rotatable bonds is 7. The van der Waals surface area contributed by atoms with E-state index in [1.165, 1.54) is 0 Å². The van der Waals surface area contributed by atoms with Gasteiger partial charge in [0.25, 0.3) is 5.91 Å². The maximum Gasteiger partial charge on any atom is 0.253 e. The lowest BCUT2D eigenvalue weighted by molar-refractivity contribution is 0.0321. The van der Waals surface area contributed by atoms with Gasteiger partial charge in [-0.15, -0.1) is 0 Å². The molecular weight excluding hydrogens is 344 g/mol. The molecule has 1 aromatic rings. The van der Waals surface area contributed by atoms with Crippen molar-refractivity contribution in [3.63, 3.8) is 0 Å². The van der Waals surface area contributed by atoms with E-state index < -0.39 is 0 Å². The lowest BCUT2D eigenvalue weighted by atomic mass is 9.71. The second kappa shape index (κ2) is 9.04. The third kappa shape index (κ3) is 4.45. The zero-order valence-electron chi connectivity index (χ0n) is 16.8. The van der Waals surface area contributed by atoms with Gasteiger partial charge in [-0.05, 0) is 42.5 Å². The summed E-state index contributed by atoms with van der Waals surface area (Å²) in [6, 6.07) is 7.39. The number of hydrogen-bond acceptors (Lipinski definition) is 5. The number of carbonyl (C=O) groups is 1. The zero-order valence-corrected chi connectivity index (χ0v) is 16.8. The predicted molar refractivity (Wildman–Crippen MR) is 104 cm³/mol. The Kier molecular flexibility index (Phi) is 6.73. The van der Waals surface area contributed by atoms with E-state index in [-0.39, 0.29) is 11.3 Å². The van der Waals surface area contributed by atoms with Gasteiger partial charge in [0.05, 0.1) is 20.3 Å². The third-order valence-electron chi connectivity index (χ3n) is 6.25. The van der Waals surface area contributed by atoms with Crippen molar-refractivity contribution in [1.29, 1.82) is 0 Å². The van der Waals surface area contributed by atoms with Crippen LogP contribution >= 0.6 is 0 Å². The van der Waals surface area contributed by atoms with Gasteiger partial charge >= 0.3 is 0 Å². The van der Waals surface area contributed by atoms with Crippen LogP contribution in [0.4, 0.5) is 0 Å². The summed E-state index contributed by atoms with van der Waals surface area (Å²) in [4.78, 5) is 17.3. The molecule has 27 heavy (non-hydrogen) atoms. The van der Waals surface area contributed by atoms with Crippen molar-refractivity contribution in [3.05, 3.63) is 29.8 Å². The molecule has 3 rings (SSSR count). The SMILES string of the molecule is COCCN1CC(COC)C2(CCN(C(=O)c3ccc(OC)cc3)CC2)C1. The van der Waals surface area contributed by atoms with Crippen LogP contribution in [0.3, 0.4) is 0 Å². The summed E-state index contributed by atoms with van der Waals surface area (Å²) >= 11 is 0. The maximum atomic E-state index is 12.8. The molecular formula is C21H32N2O4. The summed E-state index contributed by atoms with van der Waals surface area (Å²) < 4.78 is 16.0. The van der Waals surface area contributed by atoms with Crippen molar-refractivity contribution < 1.29 is 19.0 Å². The second-order valence-electron chi connectivity index (χ2n) is 7.76. The highest BCUT2D eigenvalue weighted by Crippen LogP contribution is 2.45. The number of benzene rings is 1. The molecule has 2 heterocycles. The highest BCUT2D eigenvalue weighted by atomic mass is 16.5. The van der Waals surface area contributed by atoms with Crippen LogP contribution in [0.2, 0.25) is 0 Å². The molecule has 2 fully saturated rings. The van der Waals surface area contributed by atoms with Crippen LogP contribution in [-0.4, -0.2) is 83.0 Å². The monoisotopic (exact) mass is 376 g/mol. The topological polar surface area (TPSA) is 51.2 Å². The highest BCUT2D eigenvalue weighted by molar-refractivity contribution is 5.94. The zero-order chi connectivity index (χ0) is 19.3. The predicted octanol–water partition coefficient (Wildman–Crippen LogP) is 2.14. The highest BCUT2D eigenvalue weighted by Gasteiger charge is 2.48. The molecule has 0 saturated carbocycles. The van der Waals surface area contributed by atoms with Crippen LogP contribution in [0.5, 0.6) is 5.75 Å². The quantitative estimate of drug-likeness (QED) is 0.730. The van der Waals surface area contributed by atoms with Gasteiger partial charge < -0.3 is 24.0 Å². The lowest BCUT2D eigenvalue weighted by Crippen LogP contribution is -2.47. The molecule has 6 nitrogen and oxygen atoms in total. The fourth-order valence-electron chi connectivity index (χ4n) is 4.60. The van der Waals surface area contributed by atoms with Crippen molar-refractivity contribution in [2.24, 2.45) is 11.3 Å². The van der Waals surface area contributed by atoms with Crippen LogP contribution in [0.15, 0.2) is 24.3 Å². The maximum absolute atomic E-state index is 12.8. The second-order valence-corrected chi connectivity index (χ2v) is 7.76. The van der Waals surface area contributed by atoms with Gasteiger partial charge in [-0.1, -0.05) is 0 Å².